The number of nitrogens with zero attached hydrogens (tertiary/aromatic N) is 2. The van der Waals surface area contributed by atoms with Gasteiger partial charge in [0.05, 0.1) is 9.83 Å². The number of hydrogen-bond acceptors (Lipinski definition) is 7. The first kappa shape index (κ1) is 18.8. The summed E-state index contributed by atoms with van der Waals surface area (Å²) >= 11 is 6.04. The molecule has 1 fully saturated rings. The van der Waals surface area contributed by atoms with E-state index in [-0.39, 0.29) is 14.9 Å². The number of carboxylic acids is 1. The number of benzene rings is 1. The molecule has 1 saturated heterocycles. The van der Waals surface area contributed by atoms with E-state index in [0.29, 0.717) is 22.6 Å². The van der Waals surface area contributed by atoms with Crippen LogP contribution in [-0.4, -0.2) is 37.7 Å². The molecular weight excluding hydrogens is 392 g/mol. The van der Waals surface area contributed by atoms with Crippen molar-refractivity contribution in [3.63, 3.8) is 0 Å². The summed E-state index contributed by atoms with van der Waals surface area (Å²) in [6.07, 6.45) is 1.49. The van der Waals surface area contributed by atoms with Gasteiger partial charge in [-0.15, -0.1) is 0 Å². The summed E-state index contributed by atoms with van der Waals surface area (Å²) in [6, 6.07) is 7.97. The predicted octanol–water partition coefficient (Wildman–Crippen LogP) is 3.45. The van der Waals surface area contributed by atoms with E-state index in [9.17, 15) is 19.7 Å². The summed E-state index contributed by atoms with van der Waals surface area (Å²) in [7, 11) is 0. The summed E-state index contributed by atoms with van der Waals surface area (Å²) in [5.41, 5.74) is 1.19. The van der Waals surface area contributed by atoms with Gasteiger partial charge in [0.1, 0.15) is 22.4 Å². The number of thioether (sulfide) groups is 1. The Kier molecular flexibility index (Phi) is 5.10. The van der Waals surface area contributed by atoms with Gasteiger partial charge in [-0.05, 0) is 31.2 Å². The van der Waals surface area contributed by atoms with E-state index in [4.69, 9.17) is 21.7 Å². The Morgan fingerprint density at radius 3 is 2.78 bits per heavy atom. The molecule has 1 amide bonds. The lowest BCUT2D eigenvalue weighted by Gasteiger charge is -2.09. The van der Waals surface area contributed by atoms with E-state index in [2.05, 4.69) is 0 Å². The topological polar surface area (TPSA) is 114 Å². The number of carbonyl (C=O) groups is 2. The molecule has 0 spiro atoms. The molecule has 27 heavy (non-hydrogen) atoms. The van der Waals surface area contributed by atoms with E-state index >= 15 is 0 Å². The number of nitro benzene ring substituents is 1. The van der Waals surface area contributed by atoms with Gasteiger partial charge in [0.15, 0.2) is 0 Å². The van der Waals surface area contributed by atoms with Gasteiger partial charge in [0.25, 0.3) is 11.6 Å². The van der Waals surface area contributed by atoms with Crippen molar-refractivity contribution >= 4 is 51.9 Å². The molecule has 1 aliphatic heterocycles. The summed E-state index contributed by atoms with van der Waals surface area (Å²) in [6.45, 7) is 1.15. The van der Waals surface area contributed by atoms with Crippen molar-refractivity contribution in [2.75, 3.05) is 6.54 Å². The molecular formula is C17H12N2O6S2. The van der Waals surface area contributed by atoms with Crippen LogP contribution in [-0.2, 0) is 9.59 Å². The van der Waals surface area contributed by atoms with E-state index < -0.39 is 23.3 Å². The van der Waals surface area contributed by atoms with Gasteiger partial charge in [-0.2, -0.15) is 0 Å². The quantitative estimate of drug-likeness (QED) is 0.349. The SMILES string of the molecule is Cc1cc(-c2ccc(C=C3SC(=S)N(CC(=O)O)C3=O)o2)ccc1[N+](=O)[O-]. The molecule has 1 N–H and O–H groups in total. The van der Waals surface area contributed by atoms with Crippen molar-refractivity contribution in [3.05, 3.63) is 56.7 Å². The van der Waals surface area contributed by atoms with Crippen molar-refractivity contribution in [1.82, 2.24) is 4.90 Å². The van der Waals surface area contributed by atoms with Crippen LogP contribution in [0.5, 0.6) is 0 Å². The molecule has 10 heteroatoms. The fourth-order valence-electron chi connectivity index (χ4n) is 2.50. The second-order valence-electron chi connectivity index (χ2n) is 5.62. The fraction of sp³-hybridized carbons (Fsp3) is 0.118. The minimum atomic E-state index is -1.15. The number of hydrogen-bond donors (Lipinski definition) is 1. The molecule has 0 bridgehead atoms. The van der Waals surface area contributed by atoms with Crippen molar-refractivity contribution in [2.45, 2.75) is 6.92 Å². The predicted molar refractivity (Wildman–Crippen MR) is 103 cm³/mol. The van der Waals surface area contributed by atoms with Crippen LogP contribution in [0.4, 0.5) is 5.69 Å². The average molecular weight is 404 g/mol. The molecule has 8 nitrogen and oxygen atoms in total. The first-order valence-electron chi connectivity index (χ1n) is 7.58. The first-order valence-corrected chi connectivity index (χ1v) is 8.81. The zero-order chi connectivity index (χ0) is 19.7. The Morgan fingerprint density at radius 2 is 2.15 bits per heavy atom. The Bertz CT molecular complexity index is 1010. The molecule has 1 aromatic heterocycles. The molecule has 0 unspecified atom stereocenters. The zero-order valence-electron chi connectivity index (χ0n) is 13.9. The van der Waals surface area contributed by atoms with Crippen LogP contribution < -0.4 is 0 Å². The number of aryl methyl sites for hydroxylation is 1. The molecule has 3 rings (SSSR count). The highest BCUT2D eigenvalue weighted by Crippen LogP contribution is 2.34. The Morgan fingerprint density at radius 1 is 1.41 bits per heavy atom. The van der Waals surface area contributed by atoms with E-state index in [1.807, 2.05) is 0 Å². The molecule has 2 heterocycles. The first-order chi connectivity index (χ1) is 12.8. The third-order valence-electron chi connectivity index (χ3n) is 3.75. The number of aliphatic carboxylic acids is 1. The summed E-state index contributed by atoms with van der Waals surface area (Å²) in [4.78, 5) is 34.8. The number of carbonyl (C=O) groups excluding carboxylic acids is 1. The van der Waals surface area contributed by atoms with Crippen molar-refractivity contribution in [1.29, 1.82) is 0 Å². The molecule has 1 aliphatic rings. The van der Waals surface area contributed by atoms with E-state index in [1.54, 1.807) is 31.2 Å². The monoisotopic (exact) mass is 404 g/mol. The van der Waals surface area contributed by atoms with Crippen molar-refractivity contribution in [2.24, 2.45) is 0 Å². The van der Waals surface area contributed by atoms with Crippen LogP contribution in [0.1, 0.15) is 11.3 Å². The molecule has 0 atom stereocenters. The van der Waals surface area contributed by atoms with E-state index in [0.717, 1.165) is 16.7 Å². The minimum absolute atomic E-state index is 0.0210. The standard InChI is InChI=1S/C17H12N2O6S2/c1-9-6-10(2-4-12(9)19(23)24)13-5-3-11(25-13)7-14-16(22)18(8-15(20)21)17(26)27-14/h2-7H,8H2,1H3,(H,20,21). The normalized spacial score (nSPS) is 15.6. The highest BCUT2D eigenvalue weighted by molar-refractivity contribution is 8.26. The molecule has 2 aromatic rings. The van der Waals surface area contributed by atoms with Gasteiger partial charge in [-0.3, -0.25) is 24.6 Å². The Labute approximate surface area is 162 Å². The highest BCUT2D eigenvalue weighted by Gasteiger charge is 2.33. The van der Waals surface area contributed by atoms with Crippen LogP contribution in [0.2, 0.25) is 0 Å². The van der Waals surface area contributed by atoms with Crippen molar-refractivity contribution in [3.8, 4) is 11.3 Å². The summed E-state index contributed by atoms with van der Waals surface area (Å²) < 4.78 is 5.87. The highest BCUT2D eigenvalue weighted by atomic mass is 32.2. The number of rotatable bonds is 5. The minimum Gasteiger partial charge on any atom is -0.480 e. The van der Waals surface area contributed by atoms with Crippen LogP contribution >= 0.6 is 24.0 Å². The Balaban J connectivity index is 1.84. The molecule has 1 aromatic carbocycles. The van der Waals surface area contributed by atoms with E-state index in [1.165, 1.54) is 12.1 Å². The lowest BCUT2D eigenvalue weighted by Crippen LogP contribution is -2.33. The smallest absolute Gasteiger partial charge is 0.323 e. The fourth-order valence-corrected chi connectivity index (χ4v) is 3.74. The van der Waals surface area contributed by atoms with Crippen LogP contribution in [0.15, 0.2) is 39.7 Å². The number of nitro groups is 1. The van der Waals surface area contributed by atoms with Crippen LogP contribution in [0.3, 0.4) is 0 Å². The maximum absolute atomic E-state index is 12.3. The largest absolute Gasteiger partial charge is 0.480 e. The average Bonchev–Trinajstić information content (AvgIpc) is 3.15. The summed E-state index contributed by atoms with van der Waals surface area (Å²) in [5, 5.41) is 19.8. The molecule has 138 valence electrons. The van der Waals surface area contributed by atoms with Gasteiger partial charge in [-0.1, -0.05) is 24.0 Å². The second kappa shape index (κ2) is 7.33. The molecule has 0 saturated carbocycles. The zero-order valence-corrected chi connectivity index (χ0v) is 15.5. The van der Waals surface area contributed by atoms with Crippen LogP contribution in [0, 0.1) is 17.0 Å². The third kappa shape index (κ3) is 3.91. The lowest BCUT2D eigenvalue weighted by molar-refractivity contribution is -0.385. The van der Waals surface area contributed by atoms with Gasteiger partial charge in [-0.25, -0.2) is 0 Å². The van der Waals surface area contributed by atoms with Gasteiger partial charge in [0.2, 0.25) is 0 Å². The maximum atomic E-state index is 12.3. The number of furan rings is 1. The number of thiocarbonyl (C=S) groups is 1. The maximum Gasteiger partial charge on any atom is 0.323 e. The van der Waals surface area contributed by atoms with Gasteiger partial charge in [0, 0.05) is 23.3 Å². The van der Waals surface area contributed by atoms with Crippen molar-refractivity contribution < 1.29 is 24.0 Å². The molecule has 0 radical (unpaired) electrons. The number of carboxylic acid groups (broad SMARTS) is 1. The molecule has 0 aliphatic carbocycles. The summed E-state index contributed by atoms with van der Waals surface area (Å²) in [5.74, 6) is -0.769. The second-order valence-corrected chi connectivity index (χ2v) is 7.30. The Hall–Kier alpha value is -2.98. The third-order valence-corrected chi connectivity index (χ3v) is 5.12. The van der Waals surface area contributed by atoms with Gasteiger partial charge >= 0.3 is 5.97 Å². The van der Waals surface area contributed by atoms with Crippen LogP contribution in [0.25, 0.3) is 17.4 Å². The number of amides is 1. The van der Waals surface area contributed by atoms with Gasteiger partial charge < -0.3 is 9.52 Å². The lowest BCUT2D eigenvalue weighted by atomic mass is 10.1.